The van der Waals surface area contributed by atoms with Gasteiger partial charge in [0.2, 0.25) is 0 Å². The van der Waals surface area contributed by atoms with Gasteiger partial charge in [-0.3, -0.25) is 5.32 Å². The lowest BCUT2D eigenvalue weighted by atomic mass is 9.90. The average Bonchev–Trinajstić information content (AvgIpc) is 2.70. The van der Waals surface area contributed by atoms with Gasteiger partial charge in [0.25, 0.3) is 0 Å². The first kappa shape index (κ1) is 21.3. The fourth-order valence-electron chi connectivity index (χ4n) is 3.16. The lowest BCUT2D eigenvalue weighted by molar-refractivity contribution is 0.0694. The van der Waals surface area contributed by atoms with Gasteiger partial charge in [-0.05, 0) is 42.3 Å². The number of morpholine rings is 1. The molecule has 0 saturated carbocycles. The van der Waals surface area contributed by atoms with E-state index in [0.29, 0.717) is 18.1 Å². The minimum absolute atomic E-state index is 0.113. The molecule has 2 aromatic rings. The van der Waals surface area contributed by atoms with Gasteiger partial charge < -0.3 is 14.6 Å². The molecule has 1 saturated heterocycles. The van der Waals surface area contributed by atoms with Gasteiger partial charge in [-0.2, -0.15) is 0 Å². The van der Waals surface area contributed by atoms with Crippen LogP contribution in [0.15, 0.2) is 60.1 Å². The van der Waals surface area contributed by atoms with Gasteiger partial charge >= 0.3 is 13.7 Å². The zero-order valence-corrected chi connectivity index (χ0v) is 17.2. The molecule has 2 aromatic carbocycles. The monoisotopic (exact) mass is 418 g/mol. The molecule has 7 nitrogen and oxygen atoms in total. The summed E-state index contributed by atoms with van der Waals surface area (Å²) in [5.41, 5.74) is 1.22. The van der Waals surface area contributed by atoms with E-state index in [9.17, 15) is 19.7 Å². The second-order valence-corrected chi connectivity index (χ2v) is 9.39. The summed E-state index contributed by atoms with van der Waals surface area (Å²) in [6.07, 6.45) is 0.113. The summed E-state index contributed by atoms with van der Waals surface area (Å²) in [4.78, 5) is 32.2. The van der Waals surface area contributed by atoms with E-state index in [-0.39, 0.29) is 18.3 Å². The van der Waals surface area contributed by atoms with Gasteiger partial charge in [-0.15, -0.1) is 0 Å². The highest BCUT2D eigenvalue weighted by molar-refractivity contribution is 7.67. The van der Waals surface area contributed by atoms with Crippen molar-refractivity contribution in [2.24, 2.45) is 0 Å². The largest absolute Gasteiger partial charge is 0.497 e. The summed E-state index contributed by atoms with van der Waals surface area (Å²) in [6, 6.07) is 13.8. The van der Waals surface area contributed by atoms with Crippen molar-refractivity contribution >= 4 is 13.7 Å². The lowest BCUT2D eigenvalue weighted by Crippen LogP contribution is -2.48. The topological polar surface area (TPSA) is 108 Å². The SMILES string of the molecule is COc1ccc(C[P+](O)(O)C=C2CN[C@](C)(c3cccc(C(=O)O)c3)CO2)cc1. The highest BCUT2D eigenvalue weighted by atomic mass is 31.2. The number of nitrogens with one attached hydrogen (secondary N) is 1. The Labute approximate surface area is 170 Å². The number of methoxy groups -OCH3 is 1. The van der Waals surface area contributed by atoms with E-state index < -0.39 is 19.2 Å². The normalized spacial score (nSPS) is 20.9. The Balaban J connectivity index is 1.67. The summed E-state index contributed by atoms with van der Waals surface area (Å²) in [5, 5.41) is 12.5. The number of rotatable bonds is 6. The second-order valence-electron chi connectivity index (χ2n) is 7.25. The minimum atomic E-state index is -3.34. The van der Waals surface area contributed by atoms with Crippen LogP contribution in [0.1, 0.15) is 28.4 Å². The van der Waals surface area contributed by atoms with Crippen LogP contribution >= 0.6 is 7.72 Å². The van der Waals surface area contributed by atoms with Crippen LogP contribution in [0.5, 0.6) is 5.75 Å². The fourth-order valence-corrected chi connectivity index (χ4v) is 4.63. The molecule has 8 heteroatoms. The molecule has 0 radical (unpaired) electrons. The van der Waals surface area contributed by atoms with Gasteiger partial charge in [0.15, 0.2) is 5.82 Å². The van der Waals surface area contributed by atoms with Crippen LogP contribution in [0.2, 0.25) is 0 Å². The molecule has 0 bridgehead atoms. The quantitative estimate of drug-likeness (QED) is 0.534. The summed E-state index contributed by atoms with van der Waals surface area (Å²) in [6.45, 7) is 2.46. The van der Waals surface area contributed by atoms with E-state index in [1.807, 2.05) is 13.0 Å². The Morgan fingerprint density at radius 1 is 1.28 bits per heavy atom. The number of aromatic carboxylic acids is 1. The zero-order chi connectivity index (χ0) is 21.1. The average molecular weight is 418 g/mol. The van der Waals surface area contributed by atoms with Crippen LogP contribution in [0, 0.1) is 0 Å². The third-order valence-electron chi connectivity index (χ3n) is 4.87. The molecule has 1 atom stereocenters. The summed E-state index contributed by atoms with van der Waals surface area (Å²) in [7, 11) is -1.76. The predicted octanol–water partition coefficient (Wildman–Crippen LogP) is 3.10. The molecule has 3 rings (SSSR count). The number of carboxylic acid groups (broad SMARTS) is 1. The molecule has 0 spiro atoms. The van der Waals surface area contributed by atoms with Crippen molar-refractivity contribution in [3.8, 4) is 5.75 Å². The first-order valence-electron chi connectivity index (χ1n) is 9.10. The first-order valence-corrected chi connectivity index (χ1v) is 11.1. The Morgan fingerprint density at radius 3 is 2.59 bits per heavy atom. The number of hydrogen-bond acceptors (Lipinski definition) is 6. The predicted molar refractivity (Wildman–Crippen MR) is 111 cm³/mol. The summed E-state index contributed by atoms with van der Waals surface area (Å²) in [5.74, 6) is 1.58. The van der Waals surface area contributed by atoms with Gasteiger partial charge in [-0.25, -0.2) is 14.6 Å². The molecule has 154 valence electrons. The number of ether oxygens (including phenoxy) is 2. The van der Waals surface area contributed by atoms with Crippen LogP contribution in [-0.2, 0) is 16.4 Å². The van der Waals surface area contributed by atoms with Crippen molar-refractivity contribution in [3.05, 3.63) is 76.8 Å². The molecule has 0 amide bonds. The third kappa shape index (κ3) is 5.34. The van der Waals surface area contributed by atoms with Gasteiger partial charge in [-0.1, -0.05) is 24.3 Å². The zero-order valence-electron chi connectivity index (χ0n) is 16.3. The van der Waals surface area contributed by atoms with E-state index in [0.717, 1.165) is 11.1 Å². The van der Waals surface area contributed by atoms with Crippen molar-refractivity contribution in [1.82, 2.24) is 5.32 Å². The molecule has 29 heavy (non-hydrogen) atoms. The molecular formula is C21H25NO6P+. The van der Waals surface area contributed by atoms with Crippen LogP contribution in [0.3, 0.4) is 0 Å². The Hall–Kier alpha value is -2.44. The van der Waals surface area contributed by atoms with Crippen LogP contribution < -0.4 is 10.1 Å². The molecule has 4 N–H and O–H groups in total. The molecule has 0 unspecified atom stereocenters. The van der Waals surface area contributed by atoms with Crippen LogP contribution in [0.4, 0.5) is 0 Å². The summed E-state index contributed by atoms with van der Waals surface area (Å²) >= 11 is 0. The maximum atomic E-state index is 11.2. The molecule has 1 fully saturated rings. The lowest BCUT2D eigenvalue weighted by Gasteiger charge is -2.36. The van der Waals surface area contributed by atoms with Gasteiger partial charge in [0.1, 0.15) is 24.3 Å². The molecule has 0 aliphatic carbocycles. The van der Waals surface area contributed by atoms with E-state index in [1.54, 1.807) is 49.6 Å². The van der Waals surface area contributed by atoms with Crippen LogP contribution in [0.25, 0.3) is 0 Å². The summed E-state index contributed by atoms with van der Waals surface area (Å²) < 4.78 is 10.9. The van der Waals surface area contributed by atoms with Crippen molar-refractivity contribution < 1.29 is 29.2 Å². The van der Waals surface area contributed by atoms with E-state index >= 15 is 0 Å². The molecular weight excluding hydrogens is 393 g/mol. The second kappa shape index (κ2) is 8.51. The first-order chi connectivity index (χ1) is 13.7. The molecule has 1 aliphatic heterocycles. The number of benzene rings is 2. The minimum Gasteiger partial charge on any atom is -0.497 e. The van der Waals surface area contributed by atoms with Gasteiger partial charge in [0, 0.05) is 0 Å². The van der Waals surface area contributed by atoms with Crippen molar-refractivity contribution in [2.75, 3.05) is 20.3 Å². The molecule has 1 heterocycles. The fraction of sp³-hybridized carbons (Fsp3) is 0.286. The van der Waals surface area contributed by atoms with Crippen LogP contribution in [-0.4, -0.2) is 41.1 Å². The maximum Gasteiger partial charge on any atom is 0.335 e. The third-order valence-corrected chi connectivity index (χ3v) is 6.40. The number of carbonyl (C=O) groups is 1. The smallest absolute Gasteiger partial charge is 0.335 e. The van der Waals surface area contributed by atoms with E-state index in [1.165, 1.54) is 5.82 Å². The van der Waals surface area contributed by atoms with Crippen molar-refractivity contribution in [3.63, 3.8) is 0 Å². The van der Waals surface area contributed by atoms with E-state index in [4.69, 9.17) is 9.47 Å². The van der Waals surface area contributed by atoms with Gasteiger partial charge in [0.05, 0.1) is 24.8 Å². The molecule has 1 aliphatic rings. The maximum absolute atomic E-state index is 11.2. The van der Waals surface area contributed by atoms with Crippen molar-refractivity contribution in [2.45, 2.75) is 18.6 Å². The van der Waals surface area contributed by atoms with E-state index in [2.05, 4.69) is 5.32 Å². The number of carboxylic acids is 1. The highest BCUT2D eigenvalue weighted by Crippen LogP contribution is 2.55. The molecule has 0 aromatic heterocycles. The number of hydrogen-bond donors (Lipinski definition) is 4. The Bertz CT molecular complexity index is 900. The standard InChI is InChI=1S/C21H24NO6P/c1-21(17-5-3-4-16(10-17)20(23)24)14-28-19(11-22-21)13-29(25,26)12-15-6-8-18(27-2)9-7-15/h3-10,13,22,25-26H,11-12,14H2,1-2H3/p+1/t21-/m0/s1. The highest BCUT2D eigenvalue weighted by Gasteiger charge is 2.37. The van der Waals surface area contributed by atoms with Crippen molar-refractivity contribution in [1.29, 1.82) is 0 Å². The Morgan fingerprint density at radius 2 is 2.00 bits per heavy atom. The Kier molecular flexibility index (Phi) is 6.24.